The number of carbonyl (C=O) groups excluding carboxylic acids is 1. The van der Waals surface area contributed by atoms with Crippen LogP contribution in [0.5, 0.6) is 0 Å². The van der Waals surface area contributed by atoms with Crippen molar-refractivity contribution >= 4 is 21.6 Å². The van der Waals surface area contributed by atoms with E-state index in [9.17, 15) is 13.2 Å². The van der Waals surface area contributed by atoms with Crippen molar-refractivity contribution in [3.63, 3.8) is 0 Å². The Hall–Kier alpha value is -1.56. The number of hydrogen-bond acceptors (Lipinski definition) is 3. The van der Waals surface area contributed by atoms with Crippen molar-refractivity contribution in [3.8, 4) is 0 Å². The Bertz CT molecular complexity index is 656. The molecule has 1 rings (SSSR count). The number of anilines is 1. The van der Waals surface area contributed by atoms with E-state index in [2.05, 4.69) is 12.2 Å². The molecule has 0 heterocycles. The van der Waals surface area contributed by atoms with E-state index in [1.807, 2.05) is 39.0 Å². The molecule has 6 heteroatoms. The number of rotatable bonds is 9. The lowest BCUT2D eigenvalue weighted by Gasteiger charge is -2.25. The molecule has 1 aromatic rings. The quantitative estimate of drug-likeness (QED) is 0.741. The molecule has 1 aromatic carbocycles. The summed E-state index contributed by atoms with van der Waals surface area (Å²) in [5.41, 5.74) is 2.69. The Kier molecular flexibility index (Phi) is 7.73. The monoisotopic (exact) mass is 354 g/mol. The second-order valence-electron chi connectivity index (χ2n) is 6.41. The van der Waals surface area contributed by atoms with Crippen LogP contribution in [0.3, 0.4) is 0 Å². The fraction of sp³-hybridized carbons (Fsp3) is 0.611. The first-order valence-electron chi connectivity index (χ1n) is 8.50. The molecule has 0 saturated heterocycles. The van der Waals surface area contributed by atoms with Crippen molar-refractivity contribution in [2.45, 2.75) is 59.4 Å². The van der Waals surface area contributed by atoms with Crippen molar-refractivity contribution in [3.05, 3.63) is 29.3 Å². The molecule has 1 atom stereocenters. The maximum atomic E-state index is 12.2. The van der Waals surface area contributed by atoms with Crippen molar-refractivity contribution in [1.82, 2.24) is 5.32 Å². The number of hydrogen-bond donors (Lipinski definition) is 1. The zero-order valence-electron chi connectivity index (χ0n) is 15.4. The normalized spacial score (nSPS) is 12.7. The maximum absolute atomic E-state index is 12.2. The summed E-state index contributed by atoms with van der Waals surface area (Å²) in [5.74, 6) is -0.0228. The number of aryl methyl sites for hydroxylation is 1. The molecule has 0 radical (unpaired) electrons. The second kappa shape index (κ2) is 9.06. The summed E-state index contributed by atoms with van der Waals surface area (Å²) in [7, 11) is -3.39. The molecule has 136 valence electrons. The SMILES string of the molecule is CCC[C@H](C)NC(=O)CCCN(c1cccc(C)c1C)S(C)(=O)=O. The molecular formula is C18H30N2O3S. The van der Waals surface area contributed by atoms with E-state index in [0.29, 0.717) is 25.1 Å². The lowest BCUT2D eigenvalue weighted by atomic mass is 10.1. The van der Waals surface area contributed by atoms with Crippen LogP contribution in [0.15, 0.2) is 18.2 Å². The number of amides is 1. The third-order valence-corrected chi connectivity index (χ3v) is 5.32. The first-order chi connectivity index (χ1) is 11.2. The summed E-state index contributed by atoms with van der Waals surface area (Å²) < 4.78 is 25.7. The molecule has 0 aliphatic carbocycles. The van der Waals surface area contributed by atoms with Gasteiger partial charge in [0, 0.05) is 19.0 Å². The number of sulfonamides is 1. The average molecular weight is 355 g/mol. The van der Waals surface area contributed by atoms with E-state index in [-0.39, 0.29) is 11.9 Å². The molecule has 24 heavy (non-hydrogen) atoms. The first kappa shape index (κ1) is 20.5. The largest absolute Gasteiger partial charge is 0.354 e. The predicted octanol–water partition coefficient (Wildman–Crippen LogP) is 3.15. The molecule has 0 spiro atoms. The minimum absolute atomic E-state index is 0.0228. The van der Waals surface area contributed by atoms with Gasteiger partial charge in [-0.05, 0) is 50.8 Å². The van der Waals surface area contributed by atoms with E-state index in [1.54, 1.807) is 0 Å². The lowest BCUT2D eigenvalue weighted by molar-refractivity contribution is -0.121. The van der Waals surface area contributed by atoms with Gasteiger partial charge in [-0.3, -0.25) is 9.10 Å². The topological polar surface area (TPSA) is 66.5 Å². The lowest BCUT2D eigenvalue weighted by Crippen LogP contribution is -2.35. The Morgan fingerprint density at radius 1 is 1.29 bits per heavy atom. The van der Waals surface area contributed by atoms with Crippen LogP contribution in [0.4, 0.5) is 5.69 Å². The van der Waals surface area contributed by atoms with Gasteiger partial charge in [0.2, 0.25) is 15.9 Å². The van der Waals surface area contributed by atoms with Crippen LogP contribution >= 0.6 is 0 Å². The minimum Gasteiger partial charge on any atom is -0.354 e. The zero-order chi connectivity index (χ0) is 18.3. The van der Waals surface area contributed by atoms with Crippen LogP contribution in [0, 0.1) is 13.8 Å². The molecule has 0 aromatic heterocycles. The summed E-state index contributed by atoms with van der Waals surface area (Å²) in [6, 6.07) is 5.79. The highest BCUT2D eigenvalue weighted by Crippen LogP contribution is 2.25. The highest BCUT2D eigenvalue weighted by atomic mass is 32.2. The van der Waals surface area contributed by atoms with Gasteiger partial charge in [0.1, 0.15) is 0 Å². The van der Waals surface area contributed by atoms with Gasteiger partial charge < -0.3 is 5.32 Å². The molecule has 0 fully saturated rings. The summed E-state index contributed by atoms with van der Waals surface area (Å²) in [5, 5.41) is 2.95. The van der Waals surface area contributed by atoms with E-state index in [0.717, 1.165) is 24.0 Å². The summed E-state index contributed by atoms with van der Waals surface area (Å²) in [6.07, 6.45) is 3.99. The first-order valence-corrected chi connectivity index (χ1v) is 10.3. The highest BCUT2D eigenvalue weighted by molar-refractivity contribution is 7.92. The molecule has 1 N–H and O–H groups in total. The standard InChI is InChI=1S/C18H30N2O3S/c1-6-9-15(3)19-18(21)12-8-13-20(24(5,22)23)17-11-7-10-14(2)16(17)4/h7,10-11,15H,6,8-9,12-13H2,1-5H3,(H,19,21)/t15-/m0/s1. The third kappa shape index (κ3) is 6.15. The number of nitrogens with zero attached hydrogens (tertiary/aromatic N) is 1. The molecular weight excluding hydrogens is 324 g/mol. The number of nitrogens with one attached hydrogen (secondary N) is 1. The van der Waals surface area contributed by atoms with Crippen molar-refractivity contribution in [2.75, 3.05) is 17.1 Å². The van der Waals surface area contributed by atoms with E-state index in [4.69, 9.17) is 0 Å². The van der Waals surface area contributed by atoms with Gasteiger partial charge in [0.15, 0.2) is 0 Å². The maximum Gasteiger partial charge on any atom is 0.232 e. The predicted molar refractivity (Wildman–Crippen MR) is 99.9 cm³/mol. The van der Waals surface area contributed by atoms with Crippen LogP contribution in [0.1, 0.15) is 50.7 Å². The summed E-state index contributed by atoms with van der Waals surface area (Å²) in [4.78, 5) is 11.9. The van der Waals surface area contributed by atoms with Crippen LogP contribution in [0.25, 0.3) is 0 Å². The highest BCUT2D eigenvalue weighted by Gasteiger charge is 2.20. The Labute approximate surface area is 146 Å². The smallest absolute Gasteiger partial charge is 0.232 e. The van der Waals surface area contributed by atoms with Gasteiger partial charge >= 0.3 is 0 Å². The van der Waals surface area contributed by atoms with Crippen molar-refractivity contribution in [2.24, 2.45) is 0 Å². The van der Waals surface area contributed by atoms with Gasteiger partial charge in [0.25, 0.3) is 0 Å². The minimum atomic E-state index is -3.39. The Morgan fingerprint density at radius 3 is 2.54 bits per heavy atom. The molecule has 0 aliphatic heterocycles. The average Bonchev–Trinajstić information content (AvgIpc) is 2.46. The molecule has 0 bridgehead atoms. The van der Waals surface area contributed by atoms with E-state index < -0.39 is 10.0 Å². The zero-order valence-corrected chi connectivity index (χ0v) is 16.2. The fourth-order valence-corrected chi connectivity index (χ4v) is 3.72. The fourth-order valence-electron chi connectivity index (χ4n) is 2.71. The summed E-state index contributed by atoms with van der Waals surface area (Å²) >= 11 is 0. The van der Waals surface area contributed by atoms with Crippen LogP contribution in [-0.4, -0.2) is 33.2 Å². The number of carbonyl (C=O) groups is 1. The van der Waals surface area contributed by atoms with Gasteiger partial charge in [-0.25, -0.2) is 8.42 Å². The Morgan fingerprint density at radius 2 is 1.96 bits per heavy atom. The van der Waals surface area contributed by atoms with Crippen LogP contribution in [-0.2, 0) is 14.8 Å². The molecule has 1 amide bonds. The molecule has 5 nitrogen and oxygen atoms in total. The third-order valence-electron chi connectivity index (χ3n) is 4.14. The van der Waals surface area contributed by atoms with Crippen molar-refractivity contribution < 1.29 is 13.2 Å². The number of benzene rings is 1. The molecule has 0 saturated carbocycles. The van der Waals surface area contributed by atoms with Crippen molar-refractivity contribution in [1.29, 1.82) is 0 Å². The molecule has 0 unspecified atom stereocenters. The molecule has 0 aliphatic rings. The summed E-state index contributed by atoms with van der Waals surface area (Å²) in [6.45, 7) is 8.25. The van der Waals surface area contributed by atoms with Gasteiger partial charge in [-0.15, -0.1) is 0 Å². The van der Waals surface area contributed by atoms with E-state index in [1.165, 1.54) is 10.6 Å². The van der Waals surface area contributed by atoms with Gasteiger partial charge in [-0.2, -0.15) is 0 Å². The van der Waals surface area contributed by atoms with E-state index >= 15 is 0 Å². The second-order valence-corrected chi connectivity index (χ2v) is 8.32. The van der Waals surface area contributed by atoms with Gasteiger partial charge in [0.05, 0.1) is 11.9 Å². The van der Waals surface area contributed by atoms with Crippen LogP contribution < -0.4 is 9.62 Å². The van der Waals surface area contributed by atoms with Gasteiger partial charge in [-0.1, -0.05) is 25.5 Å². The Balaban J connectivity index is 2.73. The van der Waals surface area contributed by atoms with Crippen LogP contribution in [0.2, 0.25) is 0 Å².